The number of primary amides is 1. The number of carbonyl (C=O) groups is 8. The lowest BCUT2D eigenvalue weighted by atomic mass is 9.82. The minimum absolute atomic E-state index is 0.0889. The predicted octanol–water partition coefficient (Wildman–Crippen LogP) is 4.01. The third-order valence-corrected chi connectivity index (χ3v) is 12.9. The Bertz CT molecular complexity index is 1700. The van der Waals surface area contributed by atoms with Gasteiger partial charge >= 0.3 is 0 Å². The van der Waals surface area contributed by atoms with E-state index < -0.39 is 78.2 Å². The lowest BCUT2D eigenvalue weighted by Gasteiger charge is -2.35. The molecular weight excluding hydrogens is 819 g/mol. The first-order valence-corrected chi connectivity index (χ1v) is 24.1. The van der Waals surface area contributed by atoms with Crippen molar-refractivity contribution in [1.82, 2.24) is 31.5 Å². The summed E-state index contributed by atoms with van der Waals surface area (Å²) in [5.74, 6) is -4.98. The highest BCUT2D eigenvalue weighted by Gasteiger charge is 2.45. The number of ketones is 1. The number of rotatable bonds is 26. The van der Waals surface area contributed by atoms with E-state index in [4.69, 9.17) is 10.5 Å². The van der Waals surface area contributed by atoms with Crippen LogP contribution >= 0.6 is 0 Å². The highest BCUT2D eigenvalue weighted by molar-refractivity contribution is 6.38. The molecule has 1 aliphatic heterocycles. The van der Waals surface area contributed by atoms with Crippen molar-refractivity contribution in [2.75, 3.05) is 13.1 Å². The number of hydrogen-bond donors (Lipinski definition) is 6. The van der Waals surface area contributed by atoms with Crippen LogP contribution in [0.5, 0.6) is 0 Å². The average Bonchev–Trinajstić information content (AvgIpc) is 3.74. The van der Waals surface area contributed by atoms with E-state index in [9.17, 15) is 38.4 Å². The Balaban J connectivity index is 1.46. The highest BCUT2D eigenvalue weighted by Crippen LogP contribution is 2.31. The molecule has 356 valence electrons. The Kier molecular flexibility index (Phi) is 22.2. The van der Waals surface area contributed by atoms with Gasteiger partial charge in [0.25, 0.3) is 5.91 Å². The largest absolute Gasteiger partial charge is 0.372 e. The molecular formula is C48H75N7O9. The number of amides is 7. The molecule has 0 aromatic heterocycles. The van der Waals surface area contributed by atoms with E-state index >= 15 is 0 Å². The van der Waals surface area contributed by atoms with Gasteiger partial charge in [-0.05, 0) is 62.3 Å². The monoisotopic (exact) mass is 894 g/mol. The summed E-state index contributed by atoms with van der Waals surface area (Å²) in [4.78, 5) is 109. The predicted molar refractivity (Wildman–Crippen MR) is 242 cm³/mol. The van der Waals surface area contributed by atoms with Crippen LogP contribution in [-0.2, 0) is 49.7 Å². The Morgan fingerprint density at radius 2 is 1.36 bits per heavy atom. The van der Waals surface area contributed by atoms with Crippen molar-refractivity contribution in [2.45, 2.75) is 192 Å². The number of hydrogen-bond acceptors (Lipinski definition) is 9. The van der Waals surface area contributed by atoms with Crippen molar-refractivity contribution in [3.8, 4) is 0 Å². The third-order valence-electron chi connectivity index (χ3n) is 12.9. The third kappa shape index (κ3) is 16.6. The molecule has 1 aromatic rings. The highest BCUT2D eigenvalue weighted by atomic mass is 16.5. The van der Waals surface area contributed by atoms with Gasteiger partial charge in [-0.2, -0.15) is 0 Å². The zero-order valence-corrected chi connectivity index (χ0v) is 38.5. The fourth-order valence-corrected chi connectivity index (χ4v) is 9.23. The van der Waals surface area contributed by atoms with Crippen LogP contribution in [0.3, 0.4) is 0 Å². The number of unbranched alkanes of at least 4 members (excludes halogenated alkanes) is 2. The van der Waals surface area contributed by atoms with Crippen LogP contribution in [0.4, 0.5) is 0 Å². The number of nitrogens with one attached hydrogen (secondary N) is 5. The van der Waals surface area contributed by atoms with Gasteiger partial charge in [0.05, 0.1) is 25.3 Å². The molecule has 16 heteroatoms. The average molecular weight is 894 g/mol. The molecule has 7 N–H and O–H groups in total. The minimum Gasteiger partial charge on any atom is -0.372 e. The second-order valence-electron chi connectivity index (χ2n) is 18.1. The minimum atomic E-state index is -1.26. The van der Waals surface area contributed by atoms with Crippen LogP contribution in [0.25, 0.3) is 0 Å². The van der Waals surface area contributed by atoms with Crippen LogP contribution in [0, 0.1) is 11.8 Å². The molecule has 16 nitrogen and oxygen atoms in total. The van der Waals surface area contributed by atoms with E-state index in [1.807, 2.05) is 44.2 Å². The Labute approximate surface area is 379 Å². The number of benzene rings is 1. The molecule has 4 rings (SSSR count). The molecule has 0 bridgehead atoms. The Morgan fingerprint density at radius 1 is 0.719 bits per heavy atom. The van der Waals surface area contributed by atoms with Gasteiger partial charge in [-0.3, -0.25) is 38.4 Å². The summed E-state index contributed by atoms with van der Waals surface area (Å²) in [6.45, 7) is 5.41. The van der Waals surface area contributed by atoms with Gasteiger partial charge in [-0.25, -0.2) is 0 Å². The molecule has 3 aliphatic rings. The smallest absolute Gasteiger partial charge is 0.290 e. The van der Waals surface area contributed by atoms with Crippen LogP contribution in [0.15, 0.2) is 30.3 Å². The number of Topliss-reactive ketones (excluding diaryl/α,β-unsaturated/α-hetero) is 1. The first-order valence-electron chi connectivity index (χ1n) is 24.1. The van der Waals surface area contributed by atoms with Crippen LogP contribution in [0.1, 0.15) is 155 Å². The summed E-state index contributed by atoms with van der Waals surface area (Å²) in [5.41, 5.74) is 6.43. The summed E-state index contributed by atoms with van der Waals surface area (Å²) < 4.78 is 6.28. The molecule has 1 saturated heterocycles. The fraction of sp³-hybridized carbons (Fsp3) is 0.708. The van der Waals surface area contributed by atoms with Crippen LogP contribution < -0.4 is 32.3 Å². The van der Waals surface area contributed by atoms with E-state index in [1.165, 1.54) is 11.3 Å². The molecule has 4 unspecified atom stereocenters. The zero-order chi connectivity index (χ0) is 46.4. The molecule has 7 amide bonds. The van der Waals surface area contributed by atoms with Gasteiger partial charge in [-0.15, -0.1) is 0 Å². The second kappa shape index (κ2) is 27.5. The lowest BCUT2D eigenvalue weighted by molar-refractivity contribution is -0.144. The van der Waals surface area contributed by atoms with Crippen molar-refractivity contribution in [3.63, 3.8) is 0 Å². The number of carbonyl (C=O) groups excluding carboxylic acids is 8. The van der Waals surface area contributed by atoms with E-state index in [2.05, 4.69) is 26.6 Å². The van der Waals surface area contributed by atoms with Crippen LogP contribution in [0.2, 0.25) is 0 Å². The molecule has 3 fully saturated rings. The maximum Gasteiger partial charge on any atom is 0.290 e. The van der Waals surface area contributed by atoms with Crippen LogP contribution in [-0.4, -0.2) is 101 Å². The van der Waals surface area contributed by atoms with Crippen molar-refractivity contribution in [1.29, 1.82) is 0 Å². The molecule has 2 aliphatic carbocycles. The number of nitrogens with zero attached hydrogens (tertiary/aromatic N) is 1. The summed E-state index contributed by atoms with van der Waals surface area (Å²) in [6.07, 6.45) is 13.8. The Morgan fingerprint density at radius 3 is 1.98 bits per heavy atom. The number of nitrogens with two attached hydrogens (primary N) is 1. The number of ether oxygens (including phenoxy) is 1. The summed E-state index contributed by atoms with van der Waals surface area (Å²) in [6, 6.07) is 4.54. The van der Waals surface area contributed by atoms with Gasteiger partial charge in [0.1, 0.15) is 24.2 Å². The molecule has 2 saturated carbocycles. The molecule has 1 heterocycles. The second-order valence-corrected chi connectivity index (χ2v) is 18.1. The van der Waals surface area contributed by atoms with E-state index in [-0.39, 0.29) is 56.1 Å². The zero-order valence-electron chi connectivity index (χ0n) is 38.5. The van der Waals surface area contributed by atoms with Crippen molar-refractivity contribution in [2.24, 2.45) is 17.6 Å². The molecule has 6 atom stereocenters. The maximum atomic E-state index is 14.8. The maximum absolute atomic E-state index is 14.8. The lowest BCUT2D eigenvalue weighted by Crippen LogP contribution is -2.58. The van der Waals surface area contributed by atoms with Crippen molar-refractivity contribution < 1.29 is 43.1 Å². The van der Waals surface area contributed by atoms with Gasteiger partial charge in [0, 0.05) is 19.4 Å². The normalized spacial score (nSPS) is 20.0. The van der Waals surface area contributed by atoms with Gasteiger partial charge in [0.2, 0.25) is 41.2 Å². The van der Waals surface area contributed by atoms with E-state index in [1.54, 1.807) is 6.92 Å². The standard InChI is InChI=1S/C48H75N7O9/c1-4-7-25-37(44(49)59)53-45(60)38(26-8-5-2)51-41(57)29-50-47(62)43(58)36(18-6-3)52-46(61)39-28-35(64-31-33-21-14-10-15-22-33)30-55(39)48(63)42(34-23-16-11-17-24-34)54-40(56)27-32-19-12-9-13-20-32/h10,14-15,21-22,32,34-39,42H,4-9,11-13,16-20,23-31H2,1-3H3,(H2,49,59)(H,50,62)(H,51,57)(H,52,61)(H,53,60)(H,54,56)/t35-,36?,37?,38?,39+,42?/m1/s1. The van der Waals surface area contributed by atoms with E-state index in [0.29, 0.717) is 32.1 Å². The Hall–Kier alpha value is -4.86. The first kappa shape index (κ1) is 51.8. The number of likely N-dealkylation sites (tertiary alicyclic amines) is 1. The van der Waals surface area contributed by atoms with Gasteiger partial charge in [0.15, 0.2) is 0 Å². The summed E-state index contributed by atoms with van der Waals surface area (Å²) in [5, 5.41) is 13.4. The SMILES string of the molecule is CCCCC(NC(=O)C(CCCC)NC(=O)CNC(=O)C(=O)C(CCC)NC(=O)[C@@H]1C[C@@H](OCc2ccccc2)CN1C(=O)C(NC(=O)CC1CCCCC1)C1CCCCC1)C(N)=O. The first-order chi connectivity index (χ1) is 30.8. The molecule has 0 spiro atoms. The molecule has 1 aromatic carbocycles. The van der Waals surface area contributed by atoms with E-state index in [0.717, 1.165) is 76.2 Å². The van der Waals surface area contributed by atoms with Gasteiger partial charge < -0.3 is 42.0 Å². The summed E-state index contributed by atoms with van der Waals surface area (Å²) >= 11 is 0. The quantitative estimate of drug-likeness (QED) is 0.0737. The molecule has 64 heavy (non-hydrogen) atoms. The van der Waals surface area contributed by atoms with Crippen molar-refractivity contribution in [3.05, 3.63) is 35.9 Å². The summed E-state index contributed by atoms with van der Waals surface area (Å²) in [7, 11) is 0. The van der Waals surface area contributed by atoms with Gasteiger partial charge in [-0.1, -0.05) is 122 Å². The topological polar surface area (TPSA) is 235 Å². The molecule has 0 radical (unpaired) electrons. The fourth-order valence-electron chi connectivity index (χ4n) is 9.23. The van der Waals surface area contributed by atoms with Crippen molar-refractivity contribution >= 4 is 47.1 Å².